The smallest absolute Gasteiger partial charge is 0.200 e. The van der Waals surface area contributed by atoms with E-state index in [9.17, 15) is 12.8 Å². The van der Waals surface area contributed by atoms with E-state index in [1.165, 1.54) is 18.2 Å². The molecule has 0 spiro atoms. The van der Waals surface area contributed by atoms with Crippen LogP contribution in [0.3, 0.4) is 0 Å². The van der Waals surface area contributed by atoms with E-state index in [0.717, 1.165) is 5.41 Å². The Bertz CT molecular complexity index is 549. The molecule has 3 nitrogen and oxygen atoms in total. The molecule has 0 aliphatic carbocycles. The number of rotatable bonds is 3. The van der Waals surface area contributed by atoms with Gasteiger partial charge in [-0.15, -0.1) is 0 Å². The number of benzene rings is 1. The van der Waals surface area contributed by atoms with Crippen molar-refractivity contribution in [2.24, 2.45) is 5.73 Å². The van der Waals surface area contributed by atoms with Crippen LogP contribution in [0.2, 0.25) is 0 Å². The second-order valence-corrected chi connectivity index (χ2v) is 5.46. The molecule has 0 aromatic heterocycles. The predicted octanol–water partition coefficient (Wildman–Crippen LogP) is 1.69. The summed E-state index contributed by atoms with van der Waals surface area (Å²) in [5.41, 5.74) is 6.11. The summed E-state index contributed by atoms with van der Waals surface area (Å²) >= 11 is 0. The van der Waals surface area contributed by atoms with Crippen LogP contribution in [0.5, 0.6) is 0 Å². The lowest BCUT2D eigenvalue weighted by Crippen LogP contribution is -1.99. The molecule has 2 N–H and O–H groups in total. The van der Waals surface area contributed by atoms with Crippen molar-refractivity contribution in [3.63, 3.8) is 0 Å². The number of nitrogens with two attached hydrogens (primary N) is 1. The minimum atomic E-state index is -3.45. The highest BCUT2D eigenvalue weighted by molar-refractivity contribution is 7.95. The van der Waals surface area contributed by atoms with E-state index in [2.05, 4.69) is 0 Å². The lowest BCUT2D eigenvalue weighted by Gasteiger charge is -2.04. The van der Waals surface area contributed by atoms with E-state index >= 15 is 0 Å². The molecule has 0 atom stereocenters. The second-order valence-electron chi connectivity index (χ2n) is 3.69. The molecule has 1 aliphatic heterocycles. The molecule has 0 unspecified atom stereocenters. The molecule has 1 heterocycles. The third-order valence-electron chi connectivity index (χ3n) is 2.55. The molecule has 86 valence electrons. The first kappa shape index (κ1) is 11.3. The van der Waals surface area contributed by atoms with Gasteiger partial charge in [0.2, 0.25) is 9.84 Å². The maximum atomic E-state index is 13.6. The fourth-order valence-electron chi connectivity index (χ4n) is 1.84. The summed E-state index contributed by atoms with van der Waals surface area (Å²) in [6.45, 7) is 0.459. The summed E-state index contributed by atoms with van der Waals surface area (Å²) in [6.07, 6.45) is 1.14. The fraction of sp³-hybridized carbons (Fsp3) is 0.273. The first-order valence-electron chi connectivity index (χ1n) is 5.01. The Morgan fingerprint density at radius 2 is 2.06 bits per heavy atom. The molecule has 0 amide bonds. The monoisotopic (exact) mass is 241 g/mol. The van der Waals surface area contributed by atoms with E-state index in [1.807, 2.05) is 0 Å². The minimum Gasteiger partial charge on any atom is -0.330 e. The molecule has 5 heteroatoms. The van der Waals surface area contributed by atoms with Crippen molar-refractivity contribution in [3.05, 3.63) is 35.0 Å². The zero-order valence-corrected chi connectivity index (χ0v) is 9.43. The Morgan fingerprint density at radius 3 is 2.75 bits per heavy atom. The highest BCUT2D eigenvalue weighted by atomic mass is 32.2. The van der Waals surface area contributed by atoms with E-state index < -0.39 is 15.7 Å². The Hall–Kier alpha value is -1.20. The van der Waals surface area contributed by atoms with Gasteiger partial charge >= 0.3 is 0 Å². The Labute approximate surface area is 93.7 Å². The molecule has 0 bridgehead atoms. The summed E-state index contributed by atoms with van der Waals surface area (Å²) in [5.74, 6) is -0.484. The Morgan fingerprint density at radius 1 is 1.31 bits per heavy atom. The quantitative estimate of drug-likeness (QED) is 0.876. The lowest BCUT2D eigenvalue weighted by molar-refractivity contribution is 0.599. The summed E-state index contributed by atoms with van der Waals surface area (Å²) in [7, 11) is -3.45. The summed E-state index contributed by atoms with van der Waals surface area (Å²) in [6, 6.07) is 4.11. The maximum Gasteiger partial charge on any atom is 0.200 e. The van der Waals surface area contributed by atoms with Crippen LogP contribution in [0.25, 0.3) is 5.57 Å². The number of hydrogen-bond acceptors (Lipinski definition) is 3. The number of allylic oxidation sites excluding steroid dienone is 1. The summed E-state index contributed by atoms with van der Waals surface area (Å²) < 4.78 is 37.0. The minimum absolute atomic E-state index is 0.0690. The van der Waals surface area contributed by atoms with Gasteiger partial charge in [-0.05, 0) is 37.1 Å². The van der Waals surface area contributed by atoms with Gasteiger partial charge in [0.1, 0.15) is 5.82 Å². The fourth-order valence-corrected chi connectivity index (χ4v) is 3.36. The highest BCUT2D eigenvalue weighted by Crippen LogP contribution is 2.37. The Kier molecular flexibility index (Phi) is 2.82. The van der Waals surface area contributed by atoms with E-state index in [-0.39, 0.29) is 10.5 Å². The van der Waals surface area contributed by atoms with Crippen LogP contribution in [-0.2, 0) is 9.84 Å². The average Bonchev–Trinajstić information content (AvgIpc) is 2.49. The third-order valence-corrected chi connectivity index (χ3v) is 4.10. The zero-order valence-electron chi connectivity index (χ0n) is 8.61. The molecule has 16 heavy (non-hydrogen) atoms. The van der Waals surface area contributed by atoms with Crippen LogP contribution in [-0.4, -0.2) is 15.0 Å². The SMILES string of the molecule is NCCCC1=CS(=O)(=O)c2cccc(F)c21. The average molecular weight is 241 g/mol. The van der Waals surface area contributed by atoms with Gasteiger partial charge in [-0.3, -0.25) is 0 Å². The molecule has 1 aromatic carbocycles. The van der Waals surface area contributed by atoms with Gasteiger partial charge in [-0.1, -0.05) is 6.07 Å². The van der Waals surface area contributed by atoms with E-state index in [0.29, 0.717) is 25.0 Å². The summed E-state index contributed by atoms with van der Waals surface area (Å²) in [5, 5.41) is 1.15. The molecule has 0 saturated heterocycles. The van der Waals surface area contributed by atoms with Gasteiger partial charge in [0.15, 0.2) is 0 Å². The van der Waals surface area contributed by atoms with Crippen molar-refractivity contribution in [2.75, 3.05) is 6.54 Å². The van der Waals surface area contributed by atoms with E-state index in [1.54, 1.807) is 0 Å². The van der Waals surface area contributed by atoms with Crippen molar-refractivity contribution < 1.29 is 12.8 Å². The van der Waals surface area contributed by atoms with Crippen molar-refractivity contribution in [3.8, 4) is 0 Å². The normalized spacial score (nSPS) is 17.0. The molecule has 0 fully saturated rings. The van der Waals surface area contributed by atoms with Crippen LogP contribution in [0.15, 0.2) is 28.5 Å². The standard InChI is InChI=1S/C11H12FNO2S/c12-9-4-1-5-10-11(9)8(3-2-6-13)7-16(10,14)15/h1,4-5,7H,2-3,6,13H2. The molecular weight excluding hydrogens is 229 g/mol. The van der Waals surface area contributed by atoms with Gasteiger partial charge in [0, 0.05) is 11.0 Å². The first-order valence-corrected chi connectivity index (χ1v) is 6.55. The van der Waals surface area contributed by atoms with Gasteiger partial charge in [0.25, 0.3) is 0 Å². The lowest BCUT2D eigenvalue weighted by atomic mass is 10.0. The number of fused-ring (bicyclic) bond motifs is 1. The van der Waals surface area contributed by atoms with Gasteiger partial charge in [-0.25, -0.2) is 12.8 Å². The van der Waals surface area contributed by atoms with Gasteiger partial charge in [0.05, 0.1) is 4.90 Å². The second kappa shape index (κ2) is 3.99. The number of sulfone groups is 1. The van der Waals surface area contributed by atoms with Crippen molar-refractivity contribution in [1.82, 2.24) is 0 Å². The zero-order chi connectivity index (χ0) is 11.8. The number of halogens is 1. The number of hydrogen-bond donors (Lipinski definition) is 1. The van der Waals surface area contributed by atoms with Crippen molar-refractivity contribution >= 4 is 15.4 Å². The topological polar surface area (TPSA) is 60.2 Å². The van der Waals surface area contributed by atoms with Crippen LogP contribution >= 0.6 is 0 Å². The van der Waals surface area contributed by atoms with Gasteiger partial charge < -0.3 is 5.73 Å². The molecular formula is C11H12FNO2S. The molecule has 0 radical (unpaired) electrons. The molecule has 0 saturated carbocycles. The third kappa shape index (κ3) is 1.76. The van der Waals surface area contributed by atoms with Crippen LogP contribution in [0.4, 0.5) is 4.39 Å². The maximum absolute atomic E-state index is 13.6. The van der Waals surface area contributed by atoms with Crippen LogP contribution in [0, 0.1) is 5.82 Å². The first-order chi connectivity index (χ1) is 7.56. The van der Waals surface area contributed by atoms with Gasteiger partial charge in [-0.2, -0.15) is 0 Å². The van der Waals surface area contributed by atoms with E-state index in [4.69, 9.17) is 5.73 Å². The predicted molar refractivity (Wildman–Crippen MR) is 59.9 cm³/mol. The Balaban J connectivity index is 2.53. The van der Waals surface area contributed by atoms with Crippen LogP contribution in [0.1, 0.15) is 18.4 Å². The van der Waals surface area contributed by atoms with Crippen LogP contribution < -0.4 is 5.73 Å². The molecule has 2 rings (SSSR count). The molecule has 1 aliphatic rings. The van der Waals surface area contributed by atoms with Crippen molar-refractivity contribution in [1.29, 1.82) is 0 Å². The highest BCUT2D eigenvalue weighted by Gasteiger charge is 2.28. The largest absolute Gasteiger partial charge is 0.330 e. The molecule has 1 aromatic rings. The summed E-state index contributed by atoms with van der Waals surface area (Å²) in [4.78, 5) is 0.0690. The van der Waals surface area contributed by atoms with Crippen molar-refractivity contribution in [2.45, 2.75) is 17.7 Å².